The first-order valence-corrected chi connectivity index (χ1v) is 6.75. The predicted molar refractivity (Wildman–Crippen MR) is 75.7 cm³/mol. The minimum atomic E-state index is -1.23. The summed E-state index contributed by atoms with van der Waals surface area (Å²) < 4.78 is 26.4. The molecule has 0 aliphatic carbocycles. The van der Waals surface area contributed by atoms with E-state index in [1.807, 2.05) is 6.92 Å². The lowest BCUT2D eigenvalue weighted by molar-refractivity contribution is 0.0324. The molecule has 1 N–H and O–H groups in total. The van der Waals surface area contributed by atoms with Crippen LogP contribution in [0.5, 0.6) is 0 Å². The van der Waals surface area contributed by atoms with Gasteiger partial charge in [0.15, 0.2) is 0 Å². The van der Waals surface area contributed by atoms with Gasteiger partial charge in [-0.2, -0.15) is 0 Å². The summed E-state index contributed by atoms with van der Waals surface area (Å²) in [6.07, 6.45) is 0.593. The van der Waals surface area contributed by atoms with Crippen LogP contribution in [-0.2, 0) is 12.0 Å². The fourth-order valence-electron chi connectivity index (χ4n) is 2.19. The summed E-state index contributed by atoms with van der Waals surface area (Å²) in [5.74, 6) is -0.830. The Balaban J connectivity index is 2.36. The van der Waals surface area contributed by atoms with Gasteiger partial charge in [-0.05, 0) is 41.8 Å². The van der Waals surface area contributed by atoms with Crippen molar-refractivity contribution in [3.63, 3.8) is 0 Å². The summed E-state index contributed by atoms with van der Waals surface area (Å²) in [6, 6.07) is 9.89. The quantitative estimate of drug-likeness (QED) is 0.883. The third-order valence-corrected chi connectivity index (χ3v) is 3.80. The van der Waals surface area contributed by atoms with Gasteiger partial charge in [-0.25, -0.2) is 8.78 Å². The van der Waals surface area contributed by atoms with E-state index in [-0.39, 0.29) is 11.4 Å². The second-order valence-electron chi connectivity index (χ2n) is 4.81. The van der Waals surface area contributed by atoms with Crippen molar-refractivity contribution in [1.82, 2.24) is 0 Å². The van der Waals surface area contributed by atoms with Crippen molar-refractivity contribution in [1.29, 1.82) is 0 Å². The van der Waals surface area contributed by atoms with Crippen molar-refractivity contribution in [2.45, 2.75) is 25.4 Å². The van der Waals surface area contributed by atoms with Crippen LogP contribution in [0.4, 0.5) is 8.78 Å². The van der Waals surface area contributed by atoms with Crippen LogP contribution in [0.2, 0.25) is 5.02 Å². The van der Waals surface area contributed by atoms with Crippen LogP contribution >= 0.6 is 11.6 Å². The van der Waals surface area contributed by atoms with Gasteiger partial charge in [-0.15, -0.1) is 0 Å². The molecule has 0 fully saturated rings. The van der Waals surface area contributed by atoms with Gasteiger partial charge in [0, 0.05) is 11.4 Å². The van der Waals surface area contributed by atoms with E-state index >= 15 is 0 Å². The van der Waals surface area contributed by atoms with Gasteiger partial charge in [0.1, 0.15) is 11.6 Å². The number of benzene rings is 2. The third-order valence-electron chi connectivity index (χ3n) is 3.44. The summed E-state index contributed by atoms with van der Waals surface area (Å²) in [7, 11) is 0. The lowest BCUT2D eigenvalue weighted by Crippen LogP contribution is -2.28. The summed E-state index contributed by atoms with van der Waals surface area (Å²) >= 11 is 5.99. The van der Waals surface area contributed by atoms with Crippen molar-refractivity contribution in [2.75, 3.05) is 0 Å². The average molecular weight is 297 g/mol. The monoisotopic (exact) mass is 296 g/mol. The van der Waals surface area contributed by atoms with Crippen LogP contribution in [0.1, 0.15) is 24.5 Å². The minimum Gasteiger partial charge on any atom is -0.385 e. The molecule has 0 aliphatic rings. The molecule has 0 bridgehead atoms. The van der Waals surface area contributed by atoms with E-state index in [1.165, 1.54) is 30.3 Å². The van der Waals surface area contributed by atoms with Crippen LogP contribution < -0.4 is 0 Å². The average Bonchev–Trinajstić information content (AvgIpc) is 2.42. The van der Waals surface area contributed by atoms with Gasteiger partial charge >= 0.3 is 0 Å². The zero-order valence-corrected chi connectivity index (χ0v) is 11.8. The molecule has 4 heteroatoms. The standard InChI is InChI=1S/C16H15ClF2O/c1-2-16(20,12-4-3-5-13(18)8-12)10-11-6-7-14(19)9-15(11)17/h3-9,20H,2,10H2,1H3. The highest BCUT2D eigenvalue weighted by Gasteiger charge is 2.28. The van der Waals surface area contributed by atoms with Crippen molar-refractivity contribution in [3.8, 4) is 0 Å². The van der Waals surface area contributed by atoms with E-state index in [4.69, 9.17) is 11.6 Å². The molecule has 2 aromatic carbocycles. The largest absolute Gasteiger partial charge is 0.385 e. The van der Waals surface area contributed by atoms with Gasteiger partial charge in [-0.3, -0.25) is 0 Å². The molecular formula is C16H15ClF2O. The first-order chi connectivity index (χ1) is 9.44. The second kappa shape index (κ2) is 5.90. The first kappa shape index (κ1) is 14.9. The fraction of sp³-hybridized carbons (Fsp3) is 0.250. The second-order valence-corrected chi connectivity index (χ2v) is 5.22. The Morgan fingerprint density at radius 1 is 1.10 bits per heavy atom. The maximum Gasteiger partial charge on any atom is 0.124 e. The van der Waals surface area contributed by atoms with Crippen LogP contribution in [0.15, 0.2) is 42.5 Å². The maximum absolute atomic E-state index is 13.3. The third kappa shape index (κ3) is 3.17. The summed E-state index contributed by atoms with van der Waals surface area (Å²) in [5.41, 5.74) is -0.120. The van der Waals surface area contributed by atoms with Gasteiger partial charge in [0.25, 0.3) is 0 Å². The molecule has 0 amide bonds. The number of hydrogen-bond donors (Lipinski definition) is 1. The molecule has 0 aromatic heterocycles. The summed E-state index contributed by atoms with van der Waals surface area (Å²) in [5, 5.41) is 11.0. The summed E-state index contributed by atoms with van der Waals surface area (Å²) in [6.45, 7) is 1.81. The highest BCUT2D eigenvalue weighted by atomic mass is 35.5. The molecule has 0 heterocycles. The molecule has 0 saturated heterocycles. The maximum atomic E-state index is 13.3. The number of halogens is 3. The van der Waals surface area contributed by atoms with Gasteiger partial charge < -0.3 is 5.11 Å². The first-order valence-electron chi connectivity index (χ1n) is 6.37. The molecule has 1 nitrogen and oxygen atoms in total. The molecule has 0 spiro atoms. The molecule has 2 aromatic rings. The normalized spacial score (nSPS) is 14.1. The van der Waals surface area contributed by atoms with Crippen LogP contribution in [-0.4, -0.2) is 5.11 Å². The SMILES string of the molecule is CCC(O)(Cc1ccc(F)cc1Cl)c1cccc(F)c1. The number of aliphatic hydroxyl groups is 1. The fourth-order valence-corrected chi connectivity index (χ4v) is 2.42. The Kier molecular flexibility index (Phi) is 4.41. The topological polar surface area (TPSA) is 20.2 Å². The van der Waals surface area contributed by atoms with E-state index in [9.17, 15) is 13.9 Å². The molecule has 106 valence electrons. The van der Waals surface area contributed by atoms with Crippen molar-refractivity contribution >= 4 is 11.6 Å². The molecule has 0 aliphatic heterocycles. The zero-order chi connectivity index (χ0) is 14.8. The van der Waals surface area contributed by atoms with Crippen LogP contribution in [0.3, 0.4) is 0 Å². The Morgan fingerprint density at radius 3 is 2.40 bits per heavy atom. The van der Waals surface area contributed by atoms with E-state index in [0.717, 1.165) is 0 Å². The lowest BCUT2D eigenvalue weighted by atomic mass is 9.85. The molecule has 1 atom stereocenters. The smallest absolute Gasteiger partial charge is 0.124 e. The van der Waals surface area contributed by atoms with E-state index < -0.39 is 17.2 Å². The van der Waals surface area contributed by atoms with E-state index in [0.29, 0.717) is 17.5 Å². The highest BCUT2D eigenvalue weighted by Crippen LogP contribution is 2.32. The summed E-state index contributed by atoms with van der Waals surface area (Å²) in [4.78, 5) is 0. The lowest BCUT2D eigenvalue weighted by Gasteiger charge is -2.28. The van der Waals surface area contributed by atoms with Crippen molar-refractivity contribution in [2.24, 2.45) is 0 Å². The van der Waals surface area contributed by atoms with Gasteiger partial charge in [0.05, 0.1) is 5.60 Å². The molecular weight excluding hydrogens is 282 g/mol. The van der Waals surface area contributed by atoms with Crippen molar-refractivity contribution in [3.05, 3.63) is 70.2 Å². The Hall–Kier alpha value is -1.45. The molecule has 1 unspecified atom stereocenters. The predicted octanol–water partition coefficient (Wildman–Crippen LogP) is 4.46. The van der Waals surface area contributed by atoms with E-state index in [1.54, 1.807) is 12.1 Å². The highest BCUT2D eigenvalue weighted by molar-refractivity contribution is 6.31. The zero-order valence-electron chi connectivity index (χ0n) is 11.0. The molecule has 0 radical (unpaired) electrons. The number of hydrogen-bond acceptors (Lipinski definition) is 1. The van der Waals surface area contributed by atoms with Crippen molar-refractivity contribution < 1.29 is 13.9 Å². The van der Waals surface area contributed by atoms with Gasteiger partial charge in [-0.1, -0.05) is 36.7 Å². The Labute approximate surface area is 121 Å². The van der Waals surface area contributed by atoms with Crippen LogP contribution in [0.25, 0.3) is 0 Å². The minimum absolute atomic E-state index is 0.200. The Morgan fingerprint density at radius 2 is 1.80 bits per heavy atom. The molecule has 0 saturated carbocycles. The van der Waals surface area contributed by atoms with Gasteiger partial charge in [0.2, 0.25) is 0 Å². The number of rotatable bonds is 4. The molecule has 2 rings (SSSR count). The molecule has 20 heavy (non-hydrogen) atoms. The Bertz CT molecular complexity index is 615. The van der Waals surface area contributed by atoms with Crippen LogP contribution in [0, 0.1) is 11.6 Å². The van der Waals surface area contributed by atoms with E-state index in [2.05, 4.69) is 0 Å².